The summed E-state index contributed by atoms with van der Waals surface area (Å²) in [6.45, 7) is 10.6. The lowest BCUT2D eigenvalue weighted by atomic mass is 9.94. The zero-order valence-corrected chi connectivity index (χ0v) is 19.9. The molecule has 3 rings (SSSR count). The molecule has 7 heteroatoms. The maximum Gasteiger partial charge on any atom is 0.411 e. The van der Waals surface area contributed by atoms with Crippen molar-refractivity contribution in [2.24, 2.45) is 5.92 Å². The lowest BCUT2D eigenvalue weighted by Gasteiger charge is -2.36. The van der Waals surface area contributed by atoms with E-state index in [-0.39, 0.29) is 18.4 Å². The molecule has 2 aliphatic rings. The van der Waals surface area contributed by atoms with Gasteiger partial charge in [-0.15, -0.1) is 0 Å². The number of rotatable bonds is 6. The molecule has 2 atom stereocenters. The van der Waals surface area contributed by atoms with Crippen molar-refractivity contribution in [3.63, 3.8) is 0 Å². The number of hydrogen-bond acceptors (Lipinski definition) is 5. The Morgan fingerprint density at radius 1 is 1.09 bits per heavy atom. The summed E-state index contributed by atoms with van der Waals surface area (Å²) in [5.41, 5.74) is -0.652. The Hall–Kier alpha value is -2.57. The van der Waals surface area contributed by atoms with Crippen LogP contribution in [-0.2, 0) is 25.7 Å². The van der Waals surface area contributed by atoms with Crippen molar-refractivity contribution in [1.82, 2.24) is 9.80 Å². The first-order valence-corrected chi connectivity index (χ1v) is 11.6. The summed E-state index contributed by atoms with van der Waals surface area (Å²) in [4.78, 5) is 42.8. The zero-order chi connectivity index (χ0) is 23.5. The maximum absolute atomic E-state index is 13.7. The molecule has 176 valence electrons. The molecule has 2 amide bonds. The first-order valence-electron chi connectivity index (χ1n) is 11.6. The monoisotopic (exact) mass is 444 g/mol. The van der Waals surface area contributed by atoms with E-state index in [2.05, 4.69) is 0 Å². The highest BCUT2D eigenvalue weighted by molar-refractivity contribution is 5.95. The molecule has 0 saturated carbocycles. The topological polar surface area (TPSA) is 76.2 Å². The molecule has 0 bridgehead atoms. The van der Waals surface area contributed by atoms with E-state index in [1.54, 1.807) is 9.80 Å². The van der Waals surface area contributed by atoms with E-state index in [4.69, 9.17) is 9.47 Å². The van der Waals surface area contributed by atoms with Crippen LogP contribution in [0.15, 0.2) is 30.3 Å². The fraction of sp³-hybridized carbons (Fsp3) is 0.640. The van der Waals surface area contributed by atoms with Crippen LogP contribution in [-0.4, -0.2) is 58.0 Å². The third-order valence-electron chi connectivity index (χ3n) is 6.09. The zero-order valence-electron chi connectivity index (χ0n) is 19.9. The number of benzene rings is 1. The van der Waals surface area contributed by atoms with Crippen molar-refractivity contribution in [1.29, 1.82) is 0 Å². The molecular formula is C25H36N2O5. The highest BCUT2D eigenvalue weighted by Crippen LogP contribution is 2.41. The molecule has 1 aromatic rings. The summed E-state index contributed by atoms with van der Waals surface area (Å²) < 4.78 is 11.2. The second-order valence-electron chi connectivity index (χ2n) is 10.3. The second kappa shape index (κ2) is 9.51. The van der Waals surface area contributed by atoms with Crippen molar-refractivity contribution in [3.8, 4) is 0 Å². The minimum atomic E-state index is -0.919. The molecule has 0 radical (unpaired) electrons. The number of amides is 2. The van der Waals surface area contributed by atoms with Gasteiger partial charge in [0.05, 0.1) is 0 Å². The van der Waals surface area contributed by atoms with Crippen LogP contribution in [0.1, 0.15) is 65.9 Å². The number of nitrogens with zero attached hydrogens (tertiary/aromatic N) is 2. The van der Waals surface area contributed by atoms with Crippen LogP contribution in [0.2, 0.25) is 0 Å². The SMILES string of the molecule is CC(C)C[C@H](C(=O)OCc1ccccc1)N1CC[C@]2(CCCN2C(=O)OC(C)(C)C)C1=O. The van der Waals surface area contributed by atoms with Gasteiger partial charge in [0, 0.05) is 13.1 Å². The van der Waals surface area contributed by atoms with Crippen molar-refractivity contribution in [3.05, 3.63) is 35.9 Å². The molecular weight excluding hydrogens is 408 g/mol. The van der Waals surface area contributed by atoms with Crippen LogP contribution in [0.3, 0.4) is 0 Å². The van der Waals surface area contributed by atoms with Gasteiger partial charge < -0.3 is 14.4 Å². The smallest absolute Gasteiger partial charge is 0.411 e. The Morgan fingerprint density at radius 2 is 1.78 bits per heavy atom. The summed E-state index contributed by atoms with van der Waals surface area (Å²) in [7, 11) is 0. The quantitative estimate of drug-likeness (QED) is 0.616. The predicted molar refractivity (Wildman–Crippen MR) is 121 cm³/mol. The van der Waals surface area contributed by atoms with Gasteiger partial charge in [0.15, 0.2) is 0 Å². The van der Waals surface area contributed by atoms with Gasteiger partial charge in [-0.3, -0.25) is 9.69 Å². The fourth-order valence-electron chi connectivity index (χ4n) is 4.64. The normalized spacial score (nSPS) is 22.0. The first-order chi connectivity index (χ1) is 15.0. The molecule has 0 unspecified atom stereocenters. The number of carbonyl (C=O) groups excluding carboxylic acids is 3. The standard InChI is InChI=1S/C25H36N2O5/c1-18(2)16-20(21(28)31-17-19-10-7-6-8-11-19)26-15-13-25(22(26)29)12-9-14-27(25)23(30)32-24(3,4)5/h6-8,10-11,18,20H,9,12-17H2,1-5H3/t20-,25-/m1/s1. The minimum absolute atomic E-state index is 0.164. The van der Waals surface area contributed by atoms with Crippen molar-refractivity contribution in [2.75, 3.05) is 13.1 Å². The third-order valence-corrected chi connectivity index (χ3v) is 6.09. The first kappa shape index (κ1) is 24.1. The third kappa shape index (κ3) is 5.25. The van der Waals surface area contributed by atoms with Gasteiger partial charge in [0.25, 0.3) is 0 Å². The number of esters is 1. The molecule has 0 aromatic heterocycles. The van der Waals surface area contributed by atoms with E-state index in [1.165, 1.54) is 0 Å². The molecule has 2 aliphatic heterocycles. The van der Waals surface area contributed by atoms with E-state index in [9.17, 15) is 14.4 Å². The maximum atomic E-state index is 13.7. The lowest BCUT2D eigenvalue weighted by Crippen LogP contribution is -2.56. The van der Waals surface area contributed by atoms with Crippen LogP contribution in [0.5, 0.6) is 0 Å². The van der Waals surface area contributed by atoms with Gasteiger partial charge in [-0.2, -0.15) is 0 Å². The van der Waals surface area contributed by atoms with Gasteiger partial charge in [-0.25, -0.2) is 9.59 Å². The molecule has 32 heavy (non-hydrogen) atoms. The van der Waals surface area contributed by atoms with Gasteiger partial charge in [-0.1, -0.05) is 44.2 Å². The summed E-state index contributed by atoms with van der Waals surface area (Å²) in [5.74, 6) is -0.350. The molecule has 2 heterocycles. The number of carbonyl (C=O) groups is 3. The van der Waals surface area contributed by atoms with Crippen LogP contribution in [0.4, 0.5) is 4.79 Å². The number of ether oxygens (including phenoxy) is 2. The Morgan fingerprint density at radius 3 is 2.41 bits per heavy atom. The van der Waals surface area contributed by atoms with Crippen LogP contribution < -0.4 is 0 Å². The van der Waals surface area contributed by atoms with E-state index in [0.29, 0.717) is 32.4 Å². The Labute approximate surface area is 191 Å². The van der Waals surface area contributed by atoms with Gasteiger partial charge in [0.1, 0.15) is 23.8 Å². The summed E-state index contributed by atoms with van der Waals surface area (Å²) >= 11 is 0. The molecule has 7 nitrogen and oxygen atoms in total. The van der Waals surface area contributed by atoms with Crippen LogP contribution in [0, 0.1) is 5.92 Å². The molecule has 2 saturated heterocycles. The van der Waals surface area contributed by atoms with E-state index < -0.39 is 29.2 Å². The van der Waals surface area contributed by atoms with Gasteiger partial charge in [0.2, 0.25) is 5.91 Å². The highest BCUT2D eigenvalue weighted by Gasteiger charge is 2.57. The summed E-state index contributed by atoms with van der Waals surface area (Å²) in [5, 5.41) is 0. The van der Waals surface area contributed by atoms with Gasteiger partial charge in [-0.05, 0) is 57.9 Å². The van der Waals surface area contributed by atoms with Crippen molar-refractivity contribution < 1.29 is 23.9 Å². The van der Waals surface area contributed by atoms with Crippen molar-refractivity contribution >= 4 is 18.0 Å². The van der Waals surface area contributed by atoms with E-state index >= 15 is 0 Å². The summed E-state index contributed by atoms with van der Waals surface area (Å²) in [6.07, 6.45) is 1.89. The van der Waals surface area contributed by atoms with Crippen LogP contribution >= 0.6 is 0 Å². The Balaban J connectivity index is 1.76. The van der Waals surface area contributed by atoms with E-state index in [0.717, 1.165) is 12.0 Å². The number of hydrogen-bond donors (Lipinski definition) is 0. The lowest BCUT2D eigenvalue weighted by molar-refractivity contribution is -0.157. The molecule has 1 spiro atoms. The molecule has 1 aromatic carbocycles. The average Bonchev–Trinajstić information content (AvgIpc) is 3.29. The van der Waals surface area contributed by atoms with E-state index in [1.807, 2.05) is 65.0 Å². The predicted octanol–water partition coefficient (Wildman–Crippen LogP) is 4.15. The Bertz CT molecular complexity index is 832. The fourth-order valence-corrected chi connectivity index (χ4v) is 4.64. The molecule has 0 N–H and O–H groups in total. The largest absolute Gasteiger partial charge is 0.459 e. The molecule has 2 fully saturated rings. The van der Waals surface area contributed by atoms with Gasteiger partial charge >= 0.3 is 12.1 Å². The minimum Gasteiger partial charge on any atom is -0.459 e. The second-order valence-corrected chi connectivity index (χ2v) is 10.3. The van der Waals surface area contributed by atoms with Crippen molar-refractivity contribution in [2.45, 2.75) is 84.1 Å². The molecule has 0 aliphatic carbocycles. The number of likely N-dealkylation sites (tertiary alicyclic amines) is 2. The average molecular weight is 445 g/mol. The van der Waals surface area contributed by atoms with Crippen LogP contribution in [0.25, 0.3) is 0 Å². The summed E-state index contributed by atoms with van der Waals surface area (Å²) in [6, 6.07) is 8.84. The Kier molecular flexibility index (Phi) is 7.16. The highest BCUT2D eigenvalue weighted by atomic mass is 16.6.